The lowest BCUT2D eigenvalue weighted by molar-refractivity contribution is -0.145. The van der Waals surface area contributed by atoms with Crippen molar-refractivity contribution in [2.45, 2.75) is 37.8 Å². The van der Waals surface area contributed by atoms with E-state index in [1.807, 2.05) is 11.9 Å². The molecule has 1 rings (SSSR count). The van der Waals surface area contributed by atoms with Gasteiger partial charge in [-0.1, -0.05) is 0 Å². The molecule has 5 heteroatoms. The first kappa shape index (κ1) is 14.4. The second-order valence-corrected chi connectivity index (χ2v) is 5.14. The fourth-order valence-electron chi connectivity index (χ4n) is 1.95. The molecule has 0 radical (unpaired) electrons. The van der Waals surface area contributed by atoms with Crippen molar-refractivity contribution in [1.82, 2.24) is 10.2 Å². The number of nitrogens with zero attached hydrogens (tertiary/aromatic N) is 1. The summed E-state index contributed by atoms with van der Waals surface area (Å²) in [4.78, 5) is 13.4. The summed E-state index contributed by atoms with van der Waals surface area (Å²) in [5.41, 5.74) is -0.844. The fourth-order valence-corrected chi connectivity index (χ4v) is 1.95. The highest BCUT2D eigenvalue weighted by Gasteiger charge is 2.39. The molecule has 0 spiro atoms. The molecule has 1 atom stereocenters. The maximum absolute atomic E-state index is 11.3. The van der Waals surface area contributed by atoms with Crippen LogP contribution >= 0.6 is 0 Å². The minimum Gasteiger partial charge on any atom is -0.480 e. The zero-order valence-corrected chi connectivity index (χ0v) is 11.0. The predicted octanol–water partition coefficient (Wildman–Crippen LogP) is 0.550. The summed E-state index contributed by atoms with van der Waals surface area (Å²) in [6, 6.07) is 0.392. The quantitative estimate of drug-likeness (QED) is 0.580. The zero-order valence-electron chi connectivity index (χ0n) is 11.0. The lowest BCUT2D eigenvalue weighted by Gasteiger charge is -2.31. The van der Waals surface area contributed by atoms with E-state index in [0.29, 0.717) is 19.2 Å². The van der Waals surface area contributed by atoms with Crippen molar-refractivity contribution in [1.29, 1.82) is 0 Å². The molecule has 0 aromatic rings. The van der Waals surface area contributed by atoms with E-state index in [0.717, 1.165) is 25.8 Å². The van der Waals surface area contributed by atoms with Gasteiger partial charge in [0.15, 0.2) is 0 Å². The Hall–Kier alpha value is -0.650. The monoisotopic (exact) mass is 244 g/mol. The highest BCUT2D eigenvalue weighted by Crippen LogP contribution is 2.23. The third-order valence-electron chi connectivity index (χ3n) is 3.05. The number of ether oxygens (including phenoxy) is 1. The third kappa shape index (κ3) is 5.02. The number of hydrogen-bond donors (Lipinski definition) is 2. The molecule has 1 fully saturated rings. The summed E-state index contributed by atoms with van der Waals surface area (Å²) < 4.78 is 4.99. The molecule has 1 saturated carbocycles. The van der Waals surface area contributed by atoms with Gasteiger partial charge in [-0.25, -0.2) is 0 Å². The van der Waals surface area contributed by atoms with Crippen molar-refractivity contribution in [2.75, 3.05) is 33.9 Å². The second-order valence-electron chi connectivity index (χ2n) is 5.14. The maximum Gasteiger partial charge on any atom is 0.324 e. The highest BCUT2D eigenvalue weighted by molar-refractivity contribution is 5.78. The fraction of sp³-hybridized carbons (Fsp3) is 0.917. The first-order chi connectivity index (χ1) is 7.98. The van der Waals surface area contributed by atoms with E-state index in [9.17, 15) is 9.90 Å². The lowest BCUT2D eigenvalue weighted by atomic mass is 10.0. The van der Waals surface area contributed by atoms with Gasteiger partial charge in [-0.05, 0) is 33.2 Å². The van der Waals surface area contributed by atoms with Crippen molar-refractivity contribution >= 4 is 5.97 Å². The average Bonchev–Trinajstić information content (AvgIpc) is 3.01. The van der Waals surface area contributed by atoms with E-state index in [2.05, 4.69) is 5.32 Å². The van der Waals surface area contributed by atoms with Crippen LogP contribution in [0, 0.1) is 0 Å². The van der Waals surface area contributed by atoms with Crippen LogP contribution in [0.15, 0.2) is 0 Å². The number of carbonyl (C=O) groups is 1. The molecule has 0 bridgehead atoms. The molecule has 2 N–H and O–H groups in total. The van der Waals surface area contributed by atoms with Crippen LogP contribution < -0.4 is 5.32 Å². The Morgan fingerprint density at radius 3 is 2.71 bits per heavy atom. The SMILES string of the molecule is COCCCN(C)CC(C)(NC1CC1)C(=O)O. The molecular weight excluding hydrogens is 220 g/mol. The molecule has 0 aromatic carbocycles. The van der Waals surface area contributed by atoms with E-state index < -0.39 is 11.5 Å². The molecule has 1 aliphatic rings. The van der Waals surface area contributed by atoms with Gasteiger partial charge in [0, 0.05) is 32.8 Å². The Kier molecular flexibility index (Phi) is 5.36. The van der Waals surface area contributed by atoms with E-state index >= 15 is 0 Å². The van der Waals surface area contributed by atoms with Gasteiger partial charge >= 0.3 is 5.97 Å². The number of carboxylic acids is 1. The van der Waals surface area contributed by atoms with Crippen LogP contribution in [0.4, 0.5) is 0 Å². The Bertz CT molecular complexity index is 256. The van der Waals surface area contributed by atoms with Gasteiger partial charge in [0.2, 0.25) is 0 Å². The summed E-state index contributed by atoms with van der Waals surface area (Å²) in [6.07, 6.45) is 3.11. The maximum atomic E-state index is 11.3. The van der Waals surface area contributed by atoms with Crippen LogP contribution in [-0.2, 0) is 9.53 Å². The number of nitrogens with one attached hydrogen (secondary N) is 1. The predicted molar refractivity (Wildman–Crippen MR) is 66.2 cm³/mol. The van der Waals surface area contributed by atoms with E-state index in [4.69, 9.17) is 4.74 Å². The Labute approximate surface area is 103 Å². The zero-order chi connectivity index (χ0) is 12.9. The van der Waals surface area contributed by atoms with Crippen LogP contribution in [-0.4, -0.2) is 61.4 Å². The molecule has 1 aliphatic carbocycles. The van der Waals surface area contributed by atoms with Gasteiger partial charge < -0.3 is 14.7 Å². The summed E-state index contributed by atoms with van der Waals surface area (Å²) in [6.45, 7) is 3.84. The van der Waals surface area contributed by atoms with E-state index in [-0.39, 0.29) is 0 Å². The van der Waals surface area contributed by atoms with Gasteiger partial charge in [-0.2, -0.15) is 0 Å². The highest BCUT2D eigenvalue weighted by atomic mass is 16.5. The Balaban J connectivity index is 2.38. The minimum atomic E-state index is -0.844. The molecule has 5 nitrogen and oxygen atoms in total. The number of carboxylic acid groups (broad SMARTS) is 1. The average molecular weight is 244 g/mol. The molecule has 1 unspecified atom stereocenters. The standard InChI is InChI=1S/C12H24N2O3/c1-12(11(15)16,13-10-5-6-10)9-14(2)7-4-8-17-3/h10,13H,4-9H2,1-3H3,(H,15,16). The number of rotatable bonds is 9. The van der Waals surface area contributed by atoms with E-state index in [1.165, 1.54) is 0 Å². The van der Waals surface area contributed by atoms with Crippen LogP contribution in [0.5, 0.6) is 0 Å². The largest absolute Gasteiger partial charge is 0.480 e. The minimum absolute atomic E-state index is 0.392. The topological polar surface area (TPSA) is 61.8 Å². The second kappa shape index (κ2) is 6.33. The van der Waals surface area contributed by atoms with Gasteiger partial charge in [-0.3, -0.25) is 10.1 Å². The number of aliphatic carboxylic acids is 1. The molecule has 0 aliphatic heterocycles. The smallest absolute Gasteiger partial charge is 0.324 e. The van der Waals surface area contributed by atoms with Crippen molar-refractivity contribution in [2.24, 2.45) is 0 Å². The number of methoxy groups -OCH3 is 1. The lowest BCUT2D eigenvalue weighted by Crippen LogP contribution is -2.57. The van der Waals surface area contributed by atoms with Gasteiger partial charge in [0.25, 0.3) is 0 Å². The molecule has 0 amide bonds. The van der Waals surface area contributed by atoms with Gasteiger partial charge in [-0.15, -0.1) is 0 Å². The number of hydrogen-bond acceptors (Lipinski definition) is 4. The van der Waals surface area contributed by atoms with Gasteiger partial charge in [0.1, 0.15) is 5.54 Å². The summed E-state index contributed by atoms with van der Waals surface area (Å²) in [7, 11) is 3.63. The molecule has 0 aromatic heterocycles. The summed E-state index contributed by atoms with van der Waals surface area (Å²) in [5.74, 6) is -0.775. The first-order valence-corrected chi connectivity index (χ1v) is 6.16. The Morgan fingerprint density at radius 2 is 2.24 bits per heavy atom. The Morgan fingerprint density at radius 1 is 1.59 bits per heavy atom. The first-order valence-electron chi connectivity index (χ1n) is 6.16. The van der Waals surface area contributed by atoms with Crippen molar-refractivity contribution < 1.29 is 14.6 Å². The van der Waals surface area contributed by atoms with Gasteiger partial charge in [0.05, 0.1) is 0 Å². The van der Waals surface area contributed by atoms with Crippen molar-refractivity contribution in [3.63, 3.8) is 0 Å². The van der Waals surface area contributed by atoms with Crippen LogP contribution in [0.1, 0.15) is 26.2 Å². The van der Waals surface area contributed by atoms with Crippen molar-refractivity contribution in [3.8, 4) is 0 Å². The third-order valence-corrected chi connectivity index (χ3v) is 3.05. The molecule has 0 heterocycles. The van der Waals surface area contributed by atoms with Crippen LogP contribution in [0.3, 0.4) is 0 Å². The number of likely N-dealkylation sites (N-methyl/N-ethyl adjacent to an activating group) is 1. The van der Waals surface area contributed by atoms with Crippen LogP contribution in [0.25, 0.3) is 0 Å². The van der Waals surface area contributed by atoms with Crippen molar-refractivity contribution in [3.05, 3.63) is 0 Å². The van der Waals surface area contributed by atoms with Crippen LogP contribution in [0.2, 0.25) is 0 Å². The normalized spacial score (nSPS) is 19.3. The summed E-state index contributed by atoms with van der Waals surface area (Å²) in [5, 5.41) is 12.5. The van der Waals surface area contributed by atoms with E-state index in [1.54, 1.807) is 14.0 Å². The molecular formula is C12H24N2O3. The molecule has 17 heavy (non-hydrogen) atoms. The summed E-state index contributed by atoms with van der Waals surface area (Å²) >= 11 is 0. The molecule has 100 valence electrons. The molecule has 0 saturated heterocycles.